The first-order chi connectivity index (χ1) is 12.9. The first kappa shape index (κ1) is 18.0. The van der Waals surface area contributed by atoms with Crippen LogP contribution in [0.15, 0.2) is 42.6 Å². The van der Waals surface area contributed by atoms with Gasteiger partial charge in [0.2, 0.25) is 0 Å². The number of methoxy groups -OCH3 is 1. The molecule has 0 spiro atoms. The van der Waals surface area contributed by atoms with Crippen molar-refractivity contribution in [2.75, 3.05) is 7.11 Å². The Hall–Kier alpha value is -2.40. The Balaban J connectivity index is 1.88. The lowest BCUT2D eigenvalue weighted by atomic mass is 9.64. The largest absolute Gasteiger partial charge is 0.468 e. The van der Waals surface area contributed by atoms with E-state index in [1.165, 1.54) is 12.7 Å². The van der Waals surface area contributed by atoms with Crippen LogP contribution < -0.4 is 0 Å². The molecule has 0 unspecified atom stereocenters. The third kappa shape index (κ3) is 2.64. The van der Waals surface area contributed by atoms with Gasteiger partial charge in [-0.2, -0.15) is 0 Å². The zero-order chi connectivity index (χ0) is 19.2. The highest BCUT2D eigenvalue weighted by Crippen LogP contribution is 2.48. The summed E-state index contributed by atoms with van der Waals surface area (Å²) >= 11 is 6.08. The van der Waals surface area contributed by atoms with Crippen LogP contribution in [0.5, 0.6) is 0 Å². The maximum Gasteiger partial charge on any atom is 0.315 e. The van der Waals surface area contributed by atoms with Gasteiger partial charge in [0.1, 0.15) is 5.82 Å². The molecule has 140 valence electrons. The number of hydrogen-bond donors (Lipinski definition) is 0. The van der Waals surface area contributed by atoms with Crippen molar-refractivity contribution in [1.82, 2.24) is 14.6 Å². The molecule has 0 atom stereocenters. The molecule has 5 nitrogen and oxygen atoms in total. The summed E-state index contributed by atoms with van der Waals surface area (Å²) in [6, 6.07) is 11.8. The van der Waals surface area contributed by atoms with Crippen molar-refractivity contribution in [3.63, 3.8) is 0 Å². The van der Waals surface area contributed by atoms with E-state index in [0.29, 0.717) is 5.65 Å². The van der Waals surface area contributed by atoms with Crippen molar-refractivity contribution in [3.8, 4) is 0 Å². The number of carbonyl (C=O) groups excluding carboxylic acids is 1. The fraction of sp³-hybridized carbons (Fsp3) is 0.381. The van der Waals surface area contributed by atoms with Crippen molar-refractivity contribution < 1.29 is 9.53 Å². The fourth-order valence-corrected chi connectivity index (χ4v) is 4.16. The van der Waals surface area contributed by atoms with Crippen LogP contribution in [0.2, 0.25) is 5.02 Å². The molecule has 6 heteroatoms. The van der Waals surface area contributed by atoms with Crippen molar-refractivity contribution in [3.05, 3.63) is 64.6 Å². The van der Waals surface area contributed by atoms with Crippen LogP contribution in [0, 0.1) is 0 Å². The van der Waals surface area contributed by atoms with Gasteiger partial charge in [0.05, 0.1) is 17.9 Å². The second-order valence-corrected chi connectivity index (χ2v) is 8.13. The molecule has 2 aromatic heterocycles. The van der Waals surface area contributed by atoms with E-state index in [4.69, 9.17) is 16.3 Å². The number of hydrogen-bond acceptors (Lipinski definition) is 4. The van der Waals surface area contributed by atoms with Gasteiger partial charge in [-0.3, -0.25) is 9.20 Å². The van der Waals surface area contributed by atoms with Gasteiger partial charge in [0.25, 0.3) is 0 Å². The first-order valence-electron chi connectivity index (χ1n) is 9.09. The molecular formula is C21H22ClN3O2. The van der Waals surface area contributed by atoms with Crippen LogP contribution in [0.1, 0.15) is 50.1 Å². The molecular weight excluding hydrogens is 362 g/mol. The summed E-state index contributed by atoms with van der Waals surface area (Å²) in [7, 11) is 1.41. The van der Waals surface area contributed by atoms with Crippen molar-refractivity contribution in [2.24, 2.45) is 0 Å². The lowest BCUT2D eigenvalue weighted by Gasteiger charge is -2.41. The SMILES string of the molecule is COC(=O)C(C)(C)c1cccn2c(C3(c4ccc(Cl)cc4)CCC3)nnc12. The van der Waals surface area contributed by atoms with E-state index in [1.54, 1.807) is 0 Å². The quantitative estimate of drug-likeness (QED) is 0.630. The molecule has 0 aliphatic heterocycles. The number of rotatable bonds is 4. The Bertz CT molecular complexity index is 1000. The standard InChI is InChI=1S/C21H22ClN3O2/c1-20(2,19(26)27-3)16-6-4-13-25-17(16)23-24-18(25)21(11-5-12-21)14-7-9-15(22)10-8-14/h4,6-10,13H,5,11-12H2,1-3H3. The second-order valence-electron chi connectivity index (χ2n) is 7.70. The third-order valence-electron chi connectivity index (χ3n) is 5.84. The summed E-state index contributed by atoms with van der Waals surface area (Å²) in [6.45, 7) is 3.70. The van der Waals surface area contributed by atoms with Gasteiger partial charge >= 0.3 is 5.97 Å². The minimum Gasteiger partial charge on any atom is -0.468 e. The van der Waals surface area contributed by atoms with E-state index >= 15 is 0 Å². The van der Waals surface area contributed by atoms with Crippen LogP contribution in [-0.4, -0.2) is 27.7 Å². The molecule has 2 heterocycles. The average Bonchev–Trinajstić information content (AvgIpc) is 3.06. The van der Waals surface area contributed by atoms with Crippen molar-refractivity contribution in [2.45, 2.75) is 43.9 Å². The number of fused-ring (bicyclic) bond motifs is 1. The predicted octanol–water partition coefficient (Wildman–Crippen LogP) is 4.30. The Labute approximate surface area is 163 Å². The maximum absolute atomic E-state index is 12.3. The Morgan fingerprint density at radius 3 is 2.48 bits per heavy atom. The van der Waals surface area contributed by atoms with Gasteiger partial charge < -0.3 is 4.74 Å². The van der Waals surface area contributed by atoms with Crippen LogP contribution in [0.25, 0.3) is 5.65 Å². The number of halogens is 1. The summed E-state index contributed by atoms with van der Waals surface area (Å²) in [5.41, 5.74) is 1.72. The molecule has 1 aliphatic carbocycles. The summed E-state index contributed by atoms with van der Waals surface area (Å²) in [5, 5.41) is 9.77. The van der Waals surface area contributed by atoms with E-state index in [-0.39, 0.29) is 11.4 Å². The van der Waals surface area contributed by atoms with Crippen molar-refractivity contribution in [1.29, 1.82) is 0 Å². The number of ether oxygens (including phenoxy) is 1. The molecule has 0 amide bonds. The lowest BCUT2D eigenvalue weighted by molar-refractivity contribution is -0.146. The molecule has 1 saturated carbocycles. The zero-order valence-corrected chi connectivity index (χ0v) is 16.5. The number of esters is 1. The van der Waals surface area contributed by atoms with E-state index in [9.17, 15) is 4.79 Å². The van der Waals surface area contributed by atoms with Crippen LogP contribution >= 0.6 is 11.6 Å². The molecule has 1 aliphatic rings. The Morgan fingerprint density at radius 1 is 1.19 bits per heavy atom. The summed E-state index contributed by atoms with van der Waals surface area (Å²) < 4.78 is 7.02. The van der Waals surface area contributed by atoms with Gasteiger partial charge in [0, 0.05) is 16.8 Å². The number of pyridine rings is 1. The van der Waals surface area contributed by atoms with E-state index in [2.05, 4.69) is 22.3 Å². The fourth-order valence-electron chi connectivity index (χ4n) is 4.04. The summed E-state index contributed by atoms with van der Waals surface area (Å²) in [4.78, 5) is 12.3. The number of benzene rings is 1. The smallest absolute Gasteiger partial charge is 0.315 e. The topological polar surface area (TPSA) is 56.5 Å². The second kappa shape index (κ2) is 6.34. The highest BCUT2D eigenvalue weighted by atomic mass is 35.5. The van der Waals surface area contributed by atoms with Gasteiger partial charge in [-0.1, -0.05) is 36.2 Å². The minimum atomic E-state index is -0.811. The highest BCUT2D eigenvalue weighted by molar-refractivity contribution is 6.30. The van der Waals surface area contributed by atoms with Gasteiger partial charge in [-0.25, -0.2) is 0 Å². The Morgan fingerprint density at radius 2 is 1.89 bits per heavy atom. The molecule has 3 aromatic rings. The molecule has 1 aromatic carbocycles. The van der Waals surface area contributed by atoms with Gasteiger partial charge in [0.15, 0.2) is 5.65 Å². The van der Waals surface area contributed by atoms with Crippen LogP contribution in [-0.2, 0) is 20.4 Å². The molecule has 4 rings (SSSR count). The molecule has 0 radical (unpaired) electrons. The third-order valence-corrected chi connectivity index (χ3v) is 6.09. The summed E-state index contributed by atoms with van der Waals surface area (Å²) in [6.07, 6.45) is 5.14. The average molecular weight is 384 g/mol. The lowest BCUT2D eigenvalue weighted by Crippen LogP contribution is -2.37. The predicted molar refractivity (Wildman–Crippen MR) is 104 cm³/mol. The van der Waals surface area contributed by atoms with Gasteiger partial charge in [-0.05, 0) is 50.5 Å². The molecule has 0 saturated heterocycles. The van der Waals surface area contributed by atoms with Gasteiger partial charge in [-0.15, -0.1) is 10.2 Å². The molecule has 0 N–H and O–H groups in total. The highest BCUT2D eigenvalue weighted by Gasteiger charge is 2.45. The van der Waals surface area contributed by atoms with E-state index < -0.39 is 5.41 Å². The Kier molecular flexibility index (Phi) is 4.22. The van der Waals surface area contributed by atoms with Crippen LogP contribution in [0.4, 0.5) is 0 Å². The number of aromatic nitrogens is 3. The maximum atomic E-state index is 12.3. The van der Waals surface area contributed by atoms with Crippen molar-refractivity contribution >= 4 is 23.2 Å². The van der Waals surface area contributed by atoms with E-state index in [1.807, 2.05) is 48.7 Å². The summed E-state index contributed by atoms with van der Waals surface area (Å²) in [5.74, 6) is 0.616. The number of carbonyl (C=O) groups is 1. The molecule has 27 heavy (non-hydrogen) atoms. The zero-order valence-electron chi connectivity index (χ0n) is 15.7. The minimum absolute atomic E-state index is 0.169. The number of nitrogens with zero attached hydrogens (tertiary/aromatic N) is 3. The van der Waals surface area contributed by atoms with E-state index in [0.717, 1.165) is 35.7 Å². The van der Waals surface area contributed by atoms with Crippen LogP contribution in [0.3, 0.4) is 0 Å². The molecule has 1 fully saturated rings. The first-order valence-corrected chi connectivity index (χ1v) is 9.47. The monoisotopic (exact) mass is 383 g/mol. The molecule has 0 bridgehead atoms. The normalized spacial score (nSPS) is 16.1.